The minimum absolute atomic E-state index is 0.285. The average Bonchev–Trinajstić information content (AvgIpc) is 2.52. The van der Waals surface area contributed by atoms with E-state index < -0.39 is 42.3 Å². The summed E-state index contributed by atoms with van der Waals surface area (Å²) in [4.78, 5) is 24.1. The highest BCUT2D eigenvalue weighted by atomic mass is 19.4. The maximum absolute atomic E-state index is 12.8. The topological polar surface area (TPSA) is 96.9 Å². The molecule has 0 aromatic heterocycles. The number of carbonyl (C=O) groups is 2. The Labute approximate surface area is 161 Å². The second-order valence-electron chi connectivity index (χ2n) is 7.19. The van der Waals surface area contributed by atoms with Crippen molar-refractivity contribution in [2.45, 2.75) is 58.0 Å². The molecule has 0 aliphatic heterocycles. The summed E-state index contributed by atoms with van der Waals surface area (Å²) in [5, 5.41) is 14.4. The van der Waals surface area contributed by atoms with Crippen molar-refractivity contribution in [3.8, 4) is 5.75 Å². The molecule has 1 rings (SSSR count). The monoisotopic (exact) mass is 406 g/mol. The molecule has 10 heteroatoms. The van der Waals surface area contributed by atoms with Gasteiger partial charge >= 0.3 is 12.3 Å². The number of methoxy groups -OCH3 is 1. The first-order valence-electron chi connectivity index (χ1n) is 8.41. The number of carbonyl (C=O) groups excluding carboxylic acids is 2. The van der Waals surface area contributed by atoms with Crippen molar-refractivity contribution < 1.29 is 37.3 Å². The zero-order chi connectivity index (χ0) is 21.7. The van der Waals surface area contributed by atoms with E-state index in [1.807, 2.05) is 5.32 Å². The van der Waals surface area contributed by atoms with E-state index >= 15 is 0 Å². The molecule has 0 saturated carbocycles. The number of hydrogen-bond acceptors (Lipinski definition) is 5. The van der Waals surface area contributed by atoms with Gasteiger partial charge in [0.05, 0.1) is 19.6 Å². The summed E-state index contributed by atoms with van der Waals surface area (Å²) in [6, 6.07) is 2.71. The summed E-state index contributed by atoms with van der Waals surface area (Å²) >= 11 is 0. The van der Waals surface area contributed by atoms with Gasteiger partial charge in [0.2, 0.25) is 0 Å². The SMILES string of the molecule is COc1ccc(NC(=O)C(O)C(CC(F)(F)F)NC(=O)OC(C)(C)C)c(C)c1. The van der Waals surface area contributed by atoms with Gasteiger partial charge in [0.1, 0.15) is 11.4 Å². The minimum Gasteiger partial charge on any atom is -0.497 e. The molecule has 3 N–H and O–H groups in total. The highest BCUT2D eigenvalue weighted by Gasteiger charge is 2.39. The summed E-state index contributed by atoms with van der Waals surface area (Å²) in [7, 11) is 1.46. The van der Waals surface area contributed by atoms with Gasteiger partial charge < -0.3 is 25.2 Å². The van der Waals surface area contributed by atoms with E-state index in [9.17, 15) is 27.9 Å². The molecule has 2 amide bonds. The van der Waals surface area contributed by atoms with Crippen LogP contribution in [-0.2, 0) is 9.53 Å². The number of benzene rings is 1. The molecular weight excluding hydrogens is 381 g/mol. The van der Waals surface area contributed by atoms with Crippen LogP contribution in [0.25, 0.3) is 0 Å². The molecule has 2 atom stereocenters. The third kappa shape index (κ3) is 8.03. The number of alkyl carbamates (subject to hydrolysis) is 1. The maximum Gasteiger partial charge on any atom is 0.407 e. The summed E-state index contributed by atoms with van der Waals surface area (Å²) < 4.78 is 48.5. The molecule has 158 valence electrons. The number of alkyl halides is 3. The average molecular weight is 406 g/mol. The molecular formula is C18H25F3N2O5. The summed E-state index contributed by atoms with van der Waals surface area (Å²) in [5.74, 6) is -0.573. The number of nitrogens with one attached hydrogen (secondary N) is 2. The number of aryl methyl sites for hydroxylation is 1. The van der Waals surface area contributed by atoms with Crippen LogP contribution in [0.5, 0.6) is 5.75 Å². The Morgan fingerprint density at radius 1 is 1.21 bits per heavy atom. The molecule has 0 saturated heterocycles. The number of amides is 2. The van der Waals surface area contributed by atoms with Crippen LogP contribution < -0.4 is 15.4 Å². The lowest BCUT2D eigenvalue weighted by atomic mass is 10.1. The van der Waals surface area contributed by atoms with Crippen LogP contribution in [-0.4, -0.2) is 48.1 Å². The predicted molar refractivity (Wildman–Crippen MR) is 96.2 cm³/mol. The lowest BCUT2D eigenvalue weighted by Gasteiger charge is -2.27. The predicted octanol–water partition coefficient (Wildman–Crippen LogP) is 3.15. The normalized spacial score (nSPS) is 14.0. The van der Waals surface area contributed by atoms with Crippen LogP contribution in [0, 0.1) is 6.92 Å². The molecule has 0 heterocycles. The molecule has 0 spiro atoms. The summed E-state index contributed by atoms with van der Waals surface area (Å²) in [6.07, 6.45) is -9.66. The largest absolute Gasteiger partial charge is 0.497 e. The molecule has 0 fully saturated rings. The zero-order valence-electron chi connectivity index (χ0n) is 16.3. The Morgan fingerprint density at radius 2 is 1.82 bits per heavy atom. The van der Waals surface area contributed by atoms with Gasteiger partial charge in [-0.1, -0.05) is 0 Å². The number of rotatable bonds is 6. The second kappa shape index (κ2) is 9.13. The van der Waals surface area contributed by atoms with Crippen LogP contribution in [0.15, 0.2) is 18.2 Å². The van der Waals surface area contributed by atoms with Crippen molar-refractivity contribution in [2.24, 2.45) is 0 Å². The summed E-state index contributed by atoms with van der Waals surface area (Å²) in [5.41, 5.74) is -0.0967. The van der Waals surface area contributed by atoms with E-state index in [1.54, 1.807) is 19.1 Å². The molecule has 1 aromatic carbocycles. The second-order valence-corrected chi connectivity index (χ2v) is 7.19. The zero-order valence-corrected chi connectivity index (χ0v) is 16.3. The highest BCUT2D eigenvalue weighted by molar-refractivity contribution is 5.95. The molecule has 0 aliphatic carbocycles. The molecule has 0 aliphatic rings. The van der Waals surface area contributed by atoms with E-state index in [0.29, 0.717) is 11.3 Å². The van der Waals surface area contributed by atoms with E-state index in [2.05, 4.69) is 5.32 Å². The Morgan fingerprint density at radius 3 is 2.29 bits per heavy atom. The van der Waals surface area contributed by atoms with Gasteiger partial charge in [-0.2, -0.15) is 13.2 Å². The molecule has 7 nitrogen and oxygen atoms in total. The van der Waals surface area contributed by atoms with E-state index in [4.69, 9.17) is 9.47 Å². The van der Waals surface area contributed by atoms with Crippen molar-refractivity contribution in [3.05, 3.63) is 23.8 Å². The van der Waals surface area contributed by atoms with Gasteiger partial charge in [0, 0.05) is 5.69 Å². The van der Waals surface area contributed by atoms with E-state index in [1.165, 1.54) is 33.9 Å². The van der Waals surface area contributed by atoms with Crippen molar-refractivity contribution >= 4 is 17.7 Å². The summed E-state index contributed by atoms with van der Waals surface area (Å²) in [6.45, 7) is 6.24. The van der Waals surface area contributed by atoms with Crippen molar-refractivity contribution in [1.29, 1.82) is 0 Å². The lowest BCUT2D eigenvalue weighted by molar-refractivity contribution is -0.149. The van der Waals surface area contributed by atoms with Crippen LogP contribution in [0.2, 0.25) is 0 Å². The number of anilines is 1. The number of halogens is 3. The molecule has 0 bridgehead atoms. The van der Waals surface area contributed by atoms with Gasteiger partial charge in [0.15, 0.2) is 6.10 Å². The van der Waals surface area contributed by atoms with E-state index in [-0.39, 0.29) is 5.69 Å². The maximum atomic E-state index is 12.8. The van der Waals surface area contributed by atoms with Gasteiger partial charge in [-0.3, -0.25) is 4.79 Å². The van der Waals surface area contributed by atoms with Crippen molar-refractivity contribution in [2.75, 3.05) is 12.4 Å². The fourth-order valence-corrected chi connectivity index (χ4v) is 2.24. The van der Waals surface area contributed by atoms with Gasteiger partial charge in [-0.05, 0) is 51.5 Å². The number of aliphatic hydroxyl groups excluding tert-OH is 1. The molecule has 28 heavy (non-hydrogen) atoms. The van der Waals surface area contributed by atoms with Gasteiger partial charge in [0.25, 0.3) is 5.91 Å². The Bertz CT molecular complexity index is 701. The fourth-order valence-electron chi connectivity index (χ4n) is 2.24. The molecule has 0 radical (unpaired) electrons. The van der Waals surface area contributed by atoms with Crippen LogP contribution in [0.4, 0.5) is 23.7 Å². The lowest BCUT2D eigenvalue weighted by Crippen LogP contribution is -2.51. The Hall–Kier alpha value is -2.49. The number of aliphatic hydroxyl groups is 1. The first-order valence-corrected chi connectivity index (χ1v) is 8.41. The number of hydrogen-bond donors (Lipinski definition) is 3. The van der Waals surface area contributed by atoms with Crippen molar-refractivity contribution in [3.63, 3.8) is 0 Å². The number of ether oxygens (including phenoxy) is 2. The first-order chi connectivity index (χ1) is 12.7. The Balaban J connectivity index is 2.93. The van der Waals surface area contributed by atoms with E-state index in [0.717, 1.165) is 0 Å². The standard InChI is InChI=1S/C18H25F3N2O5/c1-10-8-11(27-5)6-7-12(10)22-15(25)14(24)13(9-18(19,20)21)23-16(26)28-17(2,3)4/h6-8,13-14,24H,9H2,1-5H3,(H,22,25)(H,23,26). The molecule has 1 aromatic rings. The fraction of sp³-hybridized carbons (Fsp3) is 0.556. The minimum atomic E-state index is -4.73. The first kappa shape index (κ1) is 23.5. The quantitative estimate of drug-likeness (QED) is 0.674. The third-order valence-electron chi connectivity index (χ3n) is 3.49. The van der Waals surface area contributed by atoms with Crippen molar-refractivity contribution in [1.82, 2.24) is 5.32 Å². The Kier molecular flexibility index (Phi) is 7.68. The molecule has 2 unspecified atom stereocenters. The third-order valence-corrected chi connectivity index (χ3v) is 3.49. The highest BCUT2D eigenvalue weighted by Crippen LogP contribution is 2.25. The van der Waals surface area contributed by atoms with Crippen LogP contribution in [0.1, 0.15) is 32.8 Å². The van der Waals surface area contributed by atoms with Crippen LogP contribution in [0.3, 0.4) is 0 Å². The van der Waals surface area contributed by atoms with Gasteiger partial charge in [-0.25, -0.2) is 4.79 Å². The van der Waals surface area contributed by atoms with Gasteiger partial charge in [-0.15, -0.1) is 0 Å². The van der Waals surface area contributed by atoms with Crippen LogP contribution >= 0.6 is 0 Å². The smallest absolute Gasteiger partial charge is 0.407 e.